The number of hydrogen-bond acceptors (Lipinski definition) is 11. The number of aliphatic hydroxyl groups is 8. The van der Waals surface area contributed by atoms with E-state index in [1.165, 1.54) is 0 Å². The van der Waals surface area contributed by atoms with Gasteiger partial charge in [-0.3, -0.25) is 0 Å². The molecular weight excluding hydrogens is 320 g/mol. The van der Waals surface area contributed by atoms with Crippen LogP contribution in [0.3, 0.4) is 0 Å². The van der Waals surface area contributed by atoms with Crippen LogP contribution in [0.25, 0.3) is 0 Å². The van der Waals surface area contributed by atoms with Crippen LogP contribution in [0.15, 0.2) is 11.5 Å². The van der Waals surface area contributed by atoms with Crippen LogP contribution in [0.1, 0.15) is 0 Å². The van der Waals surface area contributed by atoms with Gasteiger partial charge in [-0.2, -0.15) is 0 Å². The zero-order chi connectivity index (χ0) is 17.5. The maximum Gasteiger partial charge on any atom is 0.378 e. The van der Waals surface area contributed by atoms with Crippen molar-refractivity contribution in [1.82, 2.24) is 0 Å². The maximum absolute atomic E-state index is 11.5. The summed E-state index contributed by atoms with van der Waals surface area (Å²) in [5.74, 6) is -3.94. The molecule has 0 bridgehead atoms. The van der Waals surface area contributed by atoms with Gasteiger partial charge in [0, 0.05) is 0 Å². The summed E-state index contributed by atoms with van der Waals surface area (Å²) in [6.07, 6.45) is -11.0. The van der Waals surface area contributed by atoms with E-state index < -0.39 is 72.9 Å². The fraction of sp³-hybridized carbons (Fsp3) is 0.750. The van der Waals surface area contributed by atoms with Gasteiger partial charge in [-0.05, 0) is 0 Å². The normalized spacial score (nSPS) is 42.7. The zero-order valence-corrected chi connectivity index (χ0v) is 11.7. The predicted octanol–water partition coefficient (Wildman–Crippen LogP) is -4.19. The number of aliphatic hydroxyl groups excluding tert-OH is 8. The van der Waals surface area contributed by atoms with Gasteiger partial charge in [0.25, 0.3) is 0 Å². The van der Waals surface area contributed by atoms with Gasteiger partial charge >= 0.3 is 5.97 Å². The third kappa shape index (κ3) is 2.46. The molecule has 0 amide bonds. The molecule has 2 aliphatic heterocycles. The fourth-order valence-corrected chi connectivity index (χ4v) is 2.73. The lowest BCUT2D eigenvalue weighted by molar-refractivity contribution is -0.283. The Morgan fingerprint density at radius 3 is 2.13 bits per heavy atom. The first kappa shape index (κ1) is 17.9. The van der Waals surface area contributed by atoms with Crippen molar-refractivity contribution < 1.29 is 55.1 Å². The molecule has 0 saturated carbocycles. The molecule has 0 spiro atoms. The van der Waals surface area contributed by atoms with Crippen molar-refractivity contribution in [1.29, 1.82) is 0 Å². The Bertz CT molecular complexity index is 503. The molecule has 11 heteroatoms. The Morgan fingerprint density at radius 2 is 1.70 bits per heavy atom. The number of ether oxygens (including phenoxy) is 2. The van der Waals surface area contributed by atoms with Crippen LogP contribution >= 0.6 is 0 Å². The Balaban J connectivity index is 2.51. The maximum atomic E-state index is 11.5. The Morgan fingerprint density at radius 1 is 1.09 bits per heavy atom. The second-order valence-corrected chi connectivity index (χ2v) is 5.33. The minimum atomic E-state index is -2.62. The van der Waals surface area contributed by atoms with Crippen LogP contribution < -0.4 is 0 Å². The lowest BCUT2D eigenvalue weighted by atomic mass is 9.80. The Kier molecular flexibility index (Phi) is 4.82. The molecule has 8 N–H and O–H groups in total. The molecule has 7 atom stereocenters. The average Bonchev–Trinajstić information content (AvgIpc) is 2.77. The molecule has 132 valence electrons. The van der Waals surface area contributed by atoms with Gasteiger partial charge in [0.2, 0.25) is 11.4 Å². The van der Waals surface area contributed by atoms with Crippen LogP contribution in [0.2, 0.25) is 0 Å². The van der Waals surface area contributed by atoms with Crippen molar-refractivity contribution in [3.05, 3.63) is 11.5 Å². The first-order valence-electron chi connectivity index (χ1n) is 6.67. The topological polar surface area (TPSA) is 197 Å². The molecule has 23 heavy (non-hydrogen) atoms. The molecule has 11 nitrogen and oxygen atoms in total. The first-order chi connectivity index (χ1) is 10.7. The second kappa shape index (κ2) is 6.20. The van der Waals surface area contributed by atoms with Gasteiger partial charge in [-0.1, -0.05) is 0 Å². The number of esters is 1. The summed E-state index contributed by atoms with van der Waals surface area (Å²) in [6.45, 7) is -1.88. The summed E-state index contributed by atoms with van der Waals surface area (Å²) < 4.78 is 9.87. The minimum absolute atomic E-state index is 0.808. The standard InChI is InChI=1S/C12H18O11/c13-1-3-5(16)6(17)7(18)10(22-3)12(4(15)2-14)9(20)8(19)11(21)23-12/h3-7,10,13-20H,1-2H2/t3-,4+,5-,6+,7-,10-,12-/m1/s1. The van der Waals surface area contributed by atoms with Gasteiger partial charge < -0.3 is 50.3 Å². The number of carbonyl (C=O) groups is 1. The highest BCUT2D eigenvalue weighted by molar-refractivity contribution is 5.90. The van der Waals surface area contributed by atoms with E-state index in [0.717, 1.165) is 0 Å². The number of carbonyl (C=O) groups excluding carboxylic acids is 1. The molecule has 0 aromatic rings. The van der Waals surface area contributed by atoms with Gasteiger partial charge in [0.1, 0.15) is 36.6 Å². The van der Waals surface area contributed by atoms with Crippen molar-refractivity contribution in [2.75, 3.05) is 13.2 Å². The first-order valence-corrected chi connectivity index (χ1v) is 6.67. The van der Waals surface area contributed by atoms with Crippen molar-refractivity contribution in [3.8, 4) is 0 Å². The van der Waals surface area contributed by atoms with E-state index in [1.54, 1.807) is 0 Å². The summed E-state index contributed by atoms with van der Waals surface area (Å²) in [6, 6.07) is 0. The van der Waals surface area contributed by atoms with E-state index in [2.05, 4.69) is 0 Å². The molecule has 0 aromatic heterocycles. The molecule has 0 radical (unpaired) electrons. The molecule has 2 aliphatic rings. The van der Waals surface area contributed by atoms with E-state index >= 15 is 0 Å². The summed E-state index contributed by atoms with van der Waals surface area (Å²) in [5, 5.41) is 77.3. The summed E-state index contributed by atoms with van der Waals surface area (Å²) in [5.41, 5.74) is -2.62. The Hall–Kier alpha value is -1.47. The smallest absolute Gasteiger partial charge is 0.378 e. The van der Waals surface area contributed by atoms with Crippen LogP contribution in [-0.2, 0) is 14.3 Å². The summed E-state index contributed by atoms with van der Waals surface area (Å²) >= 11 is 0. The van der Waals surface area contributed by atoms with Gasteiger partial charge in [-0.15, -0.1) is 0 Å². The number of hydrogen-bond donors (Lipinski definition) is 8. The van der Waals surface area contributed by atoms with Crippen molar-refractivity contribution in [2.45, 2.75) is 42.2 Å². The zero-order valence-electron chi connectivity index (χ0n) is 11.7. The molecule has 0 unspecified atom stereocenters. The lowest BCUT2D eigenvalue weighted by Gasteiger charge is -2.47. The van der Waals surface area contributed by atoms with Gasteiger partial charge in [0.05, 0.1) is 13.2 Å². The summed E-state index contributed by atoms with van der Waals surface area (Å²) in [7, 11) is 0. The highest BCUT2D eigenvalue weighted by Gasteiger charge is 2.65. The van der Waals surface area contributed by atoms with E-state index in [1.807, 2.05) is 0 Å². The average molecular weight is 338 g/mol. The van der Waals surface area contributed by atoms with Crippen molar-refractivity contribution in [2.24, 2.45) is 0 Å². The van der Waals surface area contributed by atoms with Crippen molar-refractivity contribution in [3.63, 3.8) is 0 Å². The predicted molar refractivity (Wildman–Crippen MR) is 68.0 cm³/mol. The van der Waals surface area contributed by atoms with Crippen LogP contribution in [0.5, 0.6) is 0 Å². The lowest BCUT2D eigenvalue weighted by Crippen LogP contribution is -2.69. The van der Waals surface area contributed by atoms with E-state index in [0.29, 0.717) is 0 Å². The van der Waals surface area contributed by atoms with E-state index in [4.69, 9.17) is 19.7 Å². The second-order valence-electron chi connectivity index (χ2n) is 5.33. The third-order valence-corrected chi connectivity index (χ3v) is 4.03. The fourth-order valence-electron chi connectivity index (χ4n) is 2.73. The van der Waals surface area contributed by atoms with Gasteiger partial charge in [-0.25, -0.2) is 4.79 Å². The van der Waals surface area contributed by atoms with E-state index in [-0.39, 0.29) is 0 Å². The highest BCUT2D eigenvalue weighted by atomic mass is 16.6. The van der Waals surface area contributed by atoms with Crippen LogP contribution in [0.4, 0.5) is 0 Å². The molecule has 2 heterocycles. The molecule has 2 rings (SSSR count). The monoisotopic (exact) mass is 338 g/mol. The molecule has 0 aromatic carbocycles. The Labute approximate surface area is 129 Å². The molecule has 1 fully saturated rings. The highest BCUT2D eigenvalue weighted by Crippen LogP contribution is 2.42. The minimum Gasteiger partial charge on any atom is -0.505 e. The quantitative estimate of drug-likeness (QED) is 0.231. The number of cyclic esters (lactones) is 1. The summed E-state index contributed by atoms with van der Waals surface area (Å²) in [4.78, 5) is 11.5. The largest absolute Gasteiger partial charge is 0.505 e. The van der Waals surface area contributed by atoms with Gasteiger partial charge in [0.15, 0.2) is 5.76 Å². The number of rotatable bonds is 4. The third-order valence-electron chi connectivity index (χ3n) is 4.03. The molecular formula is C12H18O11. The molecule has 1 saturated heterocycles. The SMILES string of the molecule is O=C1O[C@]([C@@H]2O[C@H](CO)[C@@H](O)[C@H](O)[C@H]2O)([C@@H](O)CO)C(O)=C1O. The van der Waals surface area contributed by atoms with Crippen molar-refractivity contribution >= 4 is 5.97 Å². The van der Waals surface area contributed by atoms with Crippen LogP contribution in [0, 0.1) is 0 Å². The van der Waals surface area contributed by atoms with Crippen LogP contribution in [-0.4, -0.2) is 102 Å². The van der Waals surface area contributed by atoms with E-state index in [9.17, 15) is 35.4 Å². The molecule has 0 aliphatic carbocycles.